The molecule has 0 fully saturated rings. The van der Waals surface area contributed by atoms with Crippen molar-refractivity contribution in [2.45, 2.75) is 34.6 Å². The lowest BCUT2D eigenvalue weighted by Crippen LogP contribution is -1.93. The lowest BCUT2D eigenvalue weighted by Gasteiger charge is -2.03. The van der Waals surface area contributed by atoms with Gasteiger partial charge < -0.3 is 0 Å². The fourth-order valence-electron chi connectivity index (χ4n) is 0.797. The standard InChI is InChI=1S/C14H21N/c1-10(2)8-9-14(12(5)6)15-13(7)11(3)4/h8-9H,3,5H2,1-2,4,6-7H3/b14-9+,15-13?. The van der Waals surface area contributed by atoms with Crippen LogP contribution < -0.4 is 0 Å². The largest absolute Gasteiger partial charge is 0.253 e. The SMILES string of the molecule is C=C(C)C(C)=N/C(=C/C=C(C)C)C(=C)C. The molecule has 0 heterocycles. The highest BCUT2D eigenvalue weighted by Crippen LogP contribution is 2.11. The lowest BCUT2D eigenvalue weighted by atomic mass is 10.2. The molecule has 0 atom stereocenters. The average Bonchev–Trinajstić information content (AvgIpc) is 2.10. The Hall–Kier alpha value is -1.37. The molecule has 0 bridgehead atoms. The van der Waals surface area contributed by atoms with Crippen molar-refractivity contribution in [2.24, 2.45) is 4.99 Å². The summed E-state index contributed by atoms with van der Waals surface area (Å²) in [4.78, 5) is 4.48. The number of allylic oxidation sites excluding steroid dienone is 5. The van der Waals surface area contributed by atoms with Crippen LogP contribution in [-0.2, 0) is 0 Å². The van der Waals surface area contributed by atoms with Gasteiger partial charge in [0, 0.05) is 5.71 Å². The minimum Gasteiger partial charge on any atom is -0.253 e. The Labute approximate surface area is 93.6 Å². The second-order valence-electron chi connectivity index (χ2n) is 4.05. The van der Waals surface area contributed by atoms with Crippen LogP contribution in [0, 0.1) is 0 Å². The zero-order valence-electron chi connectivity index (χ0n) is 10.5. The third kappa shape index (κ3) is 5.84. The van der Waals surface area contributed by atoms with Crippen LogP contribution in [0.15, 0.2) is 52.7 Å². The van der Waals surface area contributed by atoms with Gasteiger partial charge in [0.2, 0.25) is 0 Å². The minimum absolute atomic E-state index is 0.914. The number of rotatable bonds is 4. The molecule has 0 unspecified atom stereocenters. The summed E-state index contributed by atoms with van der Waals surface area (Å²) in [6.45, 7) is 17.8. The van der Waals surface area contributed by atoms with Gasteiger partial charge in [-0.3, -0.25) is 4.99 Å². The van der Waals surface area contributed by atoms with Crippen LogP contribution in [-0.4, -0.2) is 5.71 Å². The molecule has 0 aromatic rings. The molecule has 0 aliphatic heterocycles. The quantitative estimate of drug-likeness (QED) is 0.473. The summed E-state index contributed by atoms with van der Waals surface area (Å²) >= 11 is 0. The molecular weight excluding hydrogens is 182 g/mol. The Morgan fingerprint density at radius 3 is 1.73 bits per heavy atom. The molecule has 0 N–H and O–H groups in total. The Balaban J connectivity index is 5.10. The predicted molar refractivity (Wildman–Crippen MR) is 70.3 cm³/mol. The second-order valence-corrected chi connectivity index (χ2v) is 4.05. The topological polar surface area (TPSA) is 12.4 Å². The predicted octanol–water partition coefficient (Wildman–Crippen LogP) is 4.45. The zero-order chi connectivity index (χ0) is 12.0. The summed E-state index contributed by atoms with van der Waals surface area (Å²) < 4.78 is 0. The van der Waals surface area contributed by atoms with Crippen LogP contribution >= 0.6 is 0 Å². The summed E-state index contributed by atoms with van der Waals surface area (Å²) in [5.74, 6) is 0. The van der Waals surface area contributed by atoms with Crippen molar-refractivity contribution in [2.75, 3.05) is 0 Å². The highest BCUT2D eigenvalue weighted by Gasteiger charge is 1.97. The molecule has 15 heavy (non-hydrogen) atoms. The van der Waals surface area contributed by atoms with E-state index < -0.39 is 0 Å². The molecule has 0 aromatic carbocycles. The Kier molecular flexibility index (Phi) is 5.61. The van der Waals surface area contributed by atoms with Gasteiger partial charge in [-0.05, 0) is 51.8 Å². The van der Waals surface area contributed by atoms with E-state index in [1.807, 2.05) is 32.9 Å². The maximum atomic E-state index is 4.48. The van der Waals surface area contributed by atoms with Gasteiger partial charge in [0.05, 0.1) is 5.70 Å². The van der Waals surface area contributed by atoms with E-state index >= 15 is 0 Å². The third-order valence-electron chi connectivity index (χ3n) is 1.92. The number of hydrogen-bond acceptors (Lipinski definition) is 1. The van der Waals surface area contributed by atoms with Crippen LogP contribution in [0.4, 0.5) is 0 Å². The summed E-state index contributed by atoms with van der Waals surface area (Å²) in [6, 6.07) is 0. The summed E-state index contributed by atoms with van der Waals surface area (Å²) in [6.07, 6.45) is 4.03. The van der Waals surface area contributed by atoms with Crippen molar-refractivity contribution >= 4 is 5.71 Å². The van der Waals surface area contributed by atoms with Crippen LogP contribution in [0.1, 0.15) is 34.6 Å². The van der Waals surface area contributed by atoms with E-state index in [2.05, 4.69) is 32.0 Å². The Morgan fingerprint density at radius 2 is 1.40 bits per heavy atom. The molecule has 0 saturated heterocycles. The van der Waals surface area contributed by atoms with Crippen molar-refractivity contribution in [3.8, 4) is 0 Å². The molecule has 0 spiro atoms. The monoisotopic (exact) mass is 203 g/mol. The van der Waals surface area contributed by atoms with Crippen molar-refractivity contribution < 1.29 is 0 Å². The van der Waals surface area contributed by atoms with Gasteiger partial charge >= 0.3 is 0 Å². The number of hydrogen-bond donors (Lipinski definition) is 0. The van der Waals surface area contributed by atoms with Gasteiger partial charge in [-0.15, -0.1) is 0 Å². The van der Waals surface area contributed by atoms with Gasteiger partial charge in [-0.25, -0.2) is 0 Å². The van der Waals surface area contributed by atoms with E-state index in [-0.39, 0.29) is 0 Å². The smallest absolute Gasteiger partial charge is 0.0656 e. The fourth-order valence-corrected chi connectivity index (χ4v) is 0.797. The molecule has 82 valence electrons. The number of nitrogens with zero attached hydrogens (tertiary/aromatic N) is 1. The molecule has 1 nitrogen and oxygen atoms in total. The highest BCUT2D eigenvalue weighted by molar-refractivity contribution is 5.97. The van der Waals surface area contributed by atoms with E-state index in [1.165, 1.54) is 5.57 Å². The van der Waals surface area contributed by atoms with E-state index in [1.54, 1.807) is 0 Å². The first-order chi connectivity index (χ1) is 6.84. The molecule has 0 amide bonds. The van der Waals surface area contributed by atoms with Gasteiger partial charge in [-0.2, -0.15) is 0 Å². The molecule has 0 aliphatic carbocycles. The minimum atomic E-state index is 0.914. The Morgan fingerprint density at radius 1 is 0.867 bits per heavy atom. The molecule has 0 aliphatic rings. The van der Waals surface area contributed by atoms with Gasteiger partial charge in [-0.1, -0.05) is 24.8 Å². The average molecular weight is 203 g/mol. The fraction of sp³-hybridized carbons (Fsp3) is 0.357. The first-order valence-electron chi connectivity index (χ1n) is 5.07. The van der Waals surface area contributed by atoms with Crippen molar-refractivity contribution in [1.29, 1.82) is 0 Å². The van der Waals surface area contributed by atoms with E-state index in [9.17, 15) is 0 Å². The molecule has 0 saturated carbocycles. The maximum absolute atomic E-state index is 4.48. The third-order valence-corrected chi connectivity index (χ3v) is 1.92. The maximum Gasteiger partial charge on any atom is 0.0656 e. The van der Waals surface area contributed by atoms with Crippen molar-refractivity contribution in [1.82, 2.24) is 0 Å². The molecule has 0 rings (SSSR count). The van der Waals surface area contributed by atoms with Crippen molar-refractivity contribution in [3.63, 3.8) is 0 Å². The van der Waals surface area contributed by atoms with Crippen molar-refractivity contribution in [3.05, 3.63) is 47.7 Å². The van der Waals surface area contributed by atoms with Crippen LogP contribution in [0.2, 0.25) is 0 Å². The first kappa shape index (κ1) is 13.6. The molecular formula is C14H21N. The number of aliphatic imine (C=N–C) groups is 1. The van der Waals surface area contributed by atoms with Crippen LogP contribution in [0.5, 0.6) is 0 Å². The zero-order valence-corrected chi connectivity index (χ0v) is 10.5. The lowest BCUT2D eigenvalue weighted by molar-refractivity contribution is 1.27. The summed E-state index contributed by atoms with van der Waals surface area (Å²) in [5.41, 5.74) is 5.06. The summed E-state index contributed by atoms with van der Waals surface area (Å²) in [7, 11) is 0. The van der Waals surface area contributed by atoms with Gasteiger partial charge in [0.15, 0.2) is 0 Å². The first-order valence-corrected chi connectivity index (χ1v) is 5.07. The summed E-state index contributed by atoms with van der Waals surface area (Å²) in [5, 5.41) is 0. The highest BCUT2D eigenvalue weighted by atomic mass is 14.8. The van der Waals surface area contributed by atoms with E-state index in [4.69, 9.17) is 0 Å². The van der Waals surface area contributed by atoms with Crippen LogP contribution in [0.3, 0.4) is 0 Å². The molecule has 1 heteroatoms. The normalized spacial score (nSPS) is 12.3. The molecule has 0 aromatic heterocycles. The Bertz CT molecular complexity index is 348. The van der Waals surface area contributed by atoms with Gasteiger partial charge in [0.25, 0.3) is 0 Å². The van der Waals surface area contributed by atoms with E-state index in [0.717, 1.165) is 22.6 Å². The van der Waals surface area contributed by atoms with E-state index in [0.29, 0.717) is 0 Å². The van der Waals surface area contributed by atoms with Crippen LogP contribution in [0.25, 0.3) is 0 Å². The van der Waals surface area contributed by atoms with Gasteiger partial charge in [0.1, 0.15) is 0 Å². The molecule has 0 radical (unpaired) electrons. The second kappa shape index (κ2) is 6.18.